The number of carbonyl (C=O) groups is 2. The quantitative estimate of drug-likeness (QED) is 0.125. The van der Waals surface area contributed by atoms with Gasteiger partial charge in [0.25, 0.3) is 0 Å². The molecule has 0 saturated carbocycles. The van der Waals surface area contributed by atoms with Crippen LogP contribution in [0.3, 0.4) is 0 Å². The van der Waals surface area contributed by atoms with Gasteiger partial charge in [-0.3, -0.25) is 0 Å². The Balaban J connectivity index is 1.05. The minimum absolute atomic E-state index is 0.196. The topological polar surface area (TPSA) is 114 Å². The summed E-state index contributed by atoms with van der Waals surface area (Å²) in [4.78, 5) is 36.9. The number of carbonyl (C=O) groups excluding carboxylic acids is 2. The first-order valence-corrected chi connectivity index (χ1v) is 18.0. The first-order valence-electron chi connectivity index (χ1n) is 17.2. The van der Waals surface area contributed by atoms with Crippen LogP contribution in [0.1, 0.15) is 23.3 Å². The summed E-state index contributed by atoms with van der Waals surface area (Å²) in [5.74, 6) is 0.389. The molecule has 2 heterocycles. The molecule has 2 saturated heterocycles. The molecule has 0 N–H and O–H groups in total. The first kappa shape index (κ1) is 38.9. The summed E-state index contributed by atoms with van der Waals surface area (Å²) in [6.07, 6.45) is -0.158. The Morgan fingerprint density at radius 2 is 1.04 bits per heavy atom. The van der Waals surface area contributed by atoms with Crippen LogP contribution in [-0.2, 0) is 28.7 Å². The van der Waals surface area contributed by atoms with Gasteiger partial charge >= 0.3 is 11.9 Å². The normalized spacial score (nSPS) is 19.0. The molecule has 12 nitrogen and oxygen atoms in total. The van der Waals surface area contributed by atoms with E-state index in [0.717, 1.165) is 23.3 Å². The first-order chi connectivity index (χ1) is 26.3. The minimum atomic E-state index is -0.751. The molecule has 0 spiro atoms. The van der Waals surface area contributed by atoms with Gasteiger partial charge in [0.2, 0.25) is 0 Å². The molecule has 0 aliphatic carbocycles. The average molecular weight is 780 g/mol. The Labute approximate surface area is 323 Å². The average Bonchev–Trinajstić information content (AvgIpc) is 3.20. The molecule has 2 unspecified atom stereocenters. The predicted molar refractivity (Wildman–Crippen MR) is 200 cm³/mol. The van der Waals surface area contributed by atoms with Crippen molar-refractivity contribution >= 4 is 35.1 Å². The zero-order valence-corrected chi connectivity index (χ0v) is 31.2. The number of rotatable bonds is 14. The van der Waals surface area contributed by atoms with Gasteiger partial charge < -0.3 is 38.1 Å². The van der Waals surface area contributed by atoms with Crippen LogP contribution in [-0.4, -0.2) is 87.9 Å². The summed E-state index contributed by atoms with van der Waals surface area (Å²) in [6, 6.07) is 29.4. The summed E-state index contributed by atoms with van der Waals surface area (Å²) in [5.41, 5.74) is 1.71. The van der Waals surface area contributed by atoms with E-state index in [4.69, 9.17) is 61.3 Å². The minimum Gasteiger partial charge on any atom is -0.493 e. The number of nitrogens with zero attached hydrogens (tertiary/aromatic N) is 2. The number of halogens is 2. The van der Waals surface area contributed by atoms with Gasteiger partial charge in [0.1, 0.15) is 12.2 Å². The molecule has 2 aliphatic heterocycles. The highest BCUT2D eigenvalue weighted by Gasteiger charge is 2.35. The molecule has 14 heteroatoms. The lowest BCUT2D eigenvalue weighted by Crippen LogP contribution is -2.47. The third-order valence-corrected chi connectivity index (χ3v) is 9.07. The summed E-state index contributed by atoms with van der Waals surface area (Å²) in [5, 5.41) is 3.98. The lowest BCUT2D eigenvalue weighted by molar-refractivity contribution is -0.220. The zero-order chi connectivity index (χ0) is 37.9. The van der Waals surface area contributed by atoms with E-state index >= 15 is 0 Å². The Bertz CT molecular complexity index is 1750. The number of hydrogen-bond donors (Lipinski definition) is 0. The third-order valence-electron chi connectivity index (χ3n) is 8.60. The van der Waals surface area contributed by atoms with Crippen LogP contribution >= 0.6 is 23.2 Å². The van der Waals surface area contributed by atoms with Crippen molar-refractivity contribution < 1.29 is 47.7 Å². The Hall–Kier alpha value is -4.82. The Morgan fingerprint density at radius 1 is 0.630 bits per heavy atom. The smallest absolute Gasteiger partial charge is 0.349 e. The molecule has 0 aromatic heterocycles. The summed E-state index contributed by atoms with van der Waals surface area (Å²) in [7, 11) is 3.07. The maximum absolute atomic E-state index is 12.9. The monoisotopic (exact) mass is 778 g/mol. The van der Waals surface area contributed by atoms with Crippen LogP contribution < -0.4 is 18.9 Å². The van der Waals surface area contributed by atoms with Crippen molar-refractivity contribution in [2.45, 2.75) is 24.4 Å². The molecule has 2 aliphatic rings. The summed E-state index contributed by atoms with van der Waals surface area (Å²) in [6.45, 7) is 1.56. The van der Waals surface area contributed by atoms with Crippen molar-refractivity contribution in [3.05, 3.63) is 130 Å². The molecule has 2 fully saturated rings. The van der Waals surface area contributed by atoms with Crippen molar-refractivity contribution in [1.29, 1.82) is 0 Å². The molecular weight excluding hydrogens is 739 g/mol. The fraction of sp³-hybridized carbons (Fsp3) is 0.300. The van der Waals surface area contributed by atoms with E-state index in [1.165, 1.54) is 24.3 Å². The predicted octanol–water partition coefficient (Wildman–Crippen LogP) is 6.83. The van der Waals surface area contributed by atoms with Gasteiger partial charge in [-0.05, 0) is 35.4 Å². The van der Waals surface area contributed by atoms with E-state index in [0.29, 0.717) is 46.1 Å². The fourth-order valence-corrected chi connectivity index (χ4v) is 6.36. The van der Waals surface area contributed by atoms with E-state index < -0.39 is 36.4 Å². The molecule has 4 aromatic rings. The molecule has 0 radical (unpaired) electrons. The van der Waals surface area contributed by atoms with Crippen LogP contribution in [0.25, 0.3) is 0 Å². The van der Waals surface area contributed by atoms with E-state index in [-0.39, 0.29) is 26.3 Å². The molecular formula is C40H40Cl2N2O10. The summed E-state index contributed by atoms with van der Waals surface area (Å²) >= 11 is 12.3. The van der Waals surface area contributed by atoms with Crippen LogP contribution in [0.15, 0.2) is 109 Å². The van der Waals surface area contributed by atoms with Gasteiger partial charge in [-0.25, -0.2) is 9.59 Å². The van der Waals surface area contributed by atoms with E-state index in [1.54, 1.807) is 36.4 Å². The Kier molecular flexibility index (Phi) is 13.7. The van der Waals surface area contributed by atoms with Crippen LogP contribution in [0.5, 0.6) is 23.0 Å². The molecule has 4 atom stereocenters. The highest BCUT2D eigenvalue weighted by atomic mass is 35.5. The number of hydroxylamine groups is 4. The molecule has 6 rings (SSSR count). The molecule has 284 valence electrons. The second-order valence-electron chi connectivity index (χ2n) is 12.2. The van der Waals surface area contributed by atoms with Crippen molar-refractivity contribution in [3.8, 4) is 23.0 Å². The van der Waals surface area contributed by atoms with Gasteiger partial charge in [-0.2, -0.15) is 0 Å². The standard InChI is InChI=1S/C40H40Cl2N2O10/c1-47-33-23-29(41)13-15-31(33)51-39(27-9-5-3-6-10-27)35-25-43(19-21-49-35)53-37(45)17-18-38(46)54-44-20-22-50-36(26-44)40(28-11-7-4-8-12-28)52-32-16-14-30(42)24-34(32)48-2/h3-18,23-24,35-36,39-40H,19-22,25-26H2,1-2H3/b18-17+/t35-,36-,39?,40?/m0/s1. The molecule has 0 amide bonds. The highest BCUT2D eigenvalue weighted by molar-refractivity contribution is 6.31. The second kappa shape index (κ2) is 19.0. The van der Waals surface area contributed by atoms with Crippen molar-refractivity contribution in [2.75, 3.05) is 53.6 Å². The van der Waals surface area contributed by atoms with Crippen molar-refractivity contribution in [2.24, 2.45) is 0 Å². The highest BCUT2D eigenvalue weighted by Crippen LogP contribution is 2.37. The third kappa shape index (κ3) is 10.4. The number of ether oxygens (including phenoxy) is 6. The molecule has 0 bridgehead atoms. The number of methoxy groups -OCH3 is 2. The fourth-order valence-electron chi connectivity index (χ4n) is 6.04. The largest absolute Gasteiger partial charge is 0.493 e. The zero-order valence-electron chi connectivity index (χ0n) is 29.7. The lowest BCUT2D eigenvalue weighted by Gasteiger charge is -2.36. The summed E-state index contributed by atoms with van der Waals surface area (Å²) < 4.78 is 36.1. The SMILES string of the molecule is COc1cc(Cl)ccc1OC(c1ccccc1)[C@@H]1CN(OC(=O)/C=C/C(=O)ON2CCO[C@H](C(Oc3ccc(Cl)cc3OC)c3ccccc3)C2)CCO1. The molecule has 4 aromatic carbocycles. The number of morpholine rings is 2. The van der Waals surface area contributed by atoms with Crippen molar-refractivity contribution in [3.63, 3.8) is 0 Å². The van der Waals surface area contributed by atoms with Crippen LogP contribution in [0.4, 0.5) is 0 Å². The van der Waals surface area contributed by atoms with Crippen molar-refractivity contribution in [1.82, 2.24) is 10.1 Å². The molecule has 54 heavy (non-hydrogen) atoms. The van der Waals surface area contributed by atoms with Gasteiger partial charge in [0.05, 0.1) is 53.6 Å². The van der Waals surface area contributed by atoms with Gasteiger partial charge in [-0.1, -0.05) is 83.9 Å². The van der Waals surface area contributed by atoms with Crippen LogP contribution in [0.2, 0.25) is 10.0 Å². The van der Waals surface area contributed by atoms with E-state index in [9.17, 15) is 9.59 Å². The van der Waals surface area contributed by atoms with Gasteiger partial charge in [0, 0.05) is 34.3 Å². The van der Waals surface area contributed by atoms with E-state index in [1.807, 2.05) is 60.7 Å². The Morgan fingerprint density at radius 3 is 1.43 bits per heavy atom. The number of benzene rings is 4. The van der Waals surface area contributed by atoms with E-state index in [2.05, 4.69) is 0 Å². The lowest BCUT2D eigenvalue weighted by atomic mass is 10.0. The maximum Gasteiger partial charge on any atom is 0.349 e. The van der Waals surface area contributed by atoms with Crippen LogP contribution in [0, 0.1) is 0 Å². The number of hydrogen-bond acceptors (Lipinski definition) is 12. The maximum atomic E-state index is 12.9. The second-order valence-corrected chi connectivity index (χ2v) is 13.1. The van der Waals surface area contributed by atoms with Gasteiger partial charge in [0.15, 0.2) is 35.2 Å². The van der Waals surface area contributed by atoms with Gasteiger partial charge in [-0.15, -0.1) is 10.1 Å².